The number of aryl methyl sites for hydroxylation is 2. The molecule has 1 amide bonds. The van der Waals surface area contributed by atoms with Crippen LogP contribution in [-0.2, 0) is 23.4 Å². The van der Waals surface area contributed by atoms with E-state index in [2.05, 4.69) is 41.7 Å². The van der Waals surface area contributed by atoms with E-state index in [4.69, 9.17) is 4.98 Å². The zero-order chi connectivity index (χ0) is 18.2. The zero-order valence-electron chi connectivity index (χ0n) is 14.7. The second-order valence-corrected chi connectivity index (χ2v) is 8.78. The second-order valence-electron chi connectivity index (χ2n) is 6.77. The van der Waals surface area contributed by atoms with Crippen molar-refractivity contribution in [2.45, 2.75) is 18.6 Å². The minimum absolute atomic E-state index is 0.00676. The summed E-state index contributed by atoms with van der Waals surface area (Å²) in [5, 5.41) is 6.26. The molecule has 0 fully saturated rings. The average Bonchev–Trinajstić information content (AvgIpc) is 3.28. The molecule has 134 valence electrons. The number of hydrogen-bond donors (Lipinski definition) is 1. The van der Waals surface area contributed by atoms with Gasteiger partial charge in [-0.25, -0.2) is 4.98 Å². The van der Waals surface area contributed by atoms with Gasteiger partial charge in [-0.1, -0.05) is 59.9 Å². The molecule has 3 nitrogen and oxygen atoms in total. The Kier molecular flexibility index (Phi) is 4.34. The van der Waals surface area contributed by atoms with E-state index in [9.17, 15) is 4.79 Å². The van der Waals surface area contributed by atoms with Gasteiger partial charge in [-0.15, -0.1) is 11.8 Å². The summed E-state index contributed by atoms with van der Waals surface area (Å²) in [6.07, 6.45) is 2.22. The van der Waals surface area contributed by atoms with Gasteiger partial charge in [-0.3, -0.25) is 4.79 Å². The molecule has 3 aromatic carbocycles. The maximum Gasteiger partial charge on any atom is 0.236 e. The Morgan fingerprint density at radius 3 is 2.81 bits per heavy atom. The smallest absolute Gasteiger partial charge is 0.236 e. The van der Waals surface area contributed by atoms with Gasteiger partial charge in [0, 0.05) is 11.1 Å². The molecule has 0 saturated heterocycles. The van der Waals surface area contributed by atoms with Gasteiger partial charge in [0.25, 0.3) is 0 Å². The Bertz CT molecular complexity index is 1150. The zero-order valence-corrected chi connectivity index (χ0v) is 16.3. The lowest BCUT2D eigenvalue weighted by Crippen LogP contribution is -2.13. The standard InChI is InChI=1S/C22H18N2OS2/c25-19(13-26-12-14-5-2-1-3-6-14)23-22-24-21-17-8-4-7-15-9-10-16(20(15)17)11-18(21)27-22/h1-8,11H,9-10,12-13H2,(H,23,24,25). The van der Waals surface area contributed by atoms with Crippen molar-refractivity contribution in [2.75, 3.05) is 11.1 Å². The fraction of sp³-hybridized carbons (Fsp3) is 0.182. The molecule has 0 atom stereocenters. The Morgan fingerprint density at radius 2 is 1.93 bits per heavy atom. The second kappa shape index (κ2) is 6.98. The SMILES string of the molecule is O=C(CSCc1ccccc1)Nc1nc2c(cc3c4c(cccc42)CC3)s1. The number of carbonyl (C=O) groups is 1. The summed E-state index contributed by atoms with van der Waals surface area (Å²) in [6, 6.07) is 19.0. The third kappa shape index (κ3) is 3.22. The number of thiazole rings is 1. The summed E-state index contributed by atoms with van der Waals surface area (Å²) in [5.41, 5.74) is 5.07. The molecular weight excluding hydrogens is 372 g/mol. The summed E-state index contributed by atoms with van der Waals surface area (Å²) in [4.78, 5) is 17.0. The number of thioether (sulfide) groups is 1. The summed E-state index contributed by atoms with van der Waals surface area (Å²) in [6.45, 7) is 0. The molecule has 0 aliphatic heterocycles. The van der Waals surface area contributed by atoms with Crippen LogP contribution < -0.4 is 5.32 Å². The van der Waals surface area contributed by atoms with Crippen LogP contribution in [0.3, 0.4) is 0 Å². The molecular formula is C22H18N2OS2. The van der Waals surface area contributed by atoms with Crippen molar-refractivity contribution in [3.63, 3.8) is 0 Å². The summed E-state index contributed by atoms with van der Waals surface area (Å²) >= 11 is 3.19. The molecule has 1 aliphatic carbocycles. The number of nitrogens with one attached hydrogen (secondary N) is 1. The lowest BCUT2D eigenvalue weighted by molar-refractivity contribution is -0.113. The summed E-state index contributed by atoms with van der Waals surface area (Å²) < 4.78 is 1.16. The highest BCUT2D eigenvalue weighted by molar-refractivity contribution is 7.99. The van der Waals surface area contributed by atoms with E-state index in [1.807, 2.05) is 18.2 Å². The Labute approximate surface area is 165 Å². The van der Waals surface area contributed by atoms with Crippen molar-refractivity contribution in [1.82, 2.24) is 4.98 Å². The number of anilines is 1. The summed E-state index contributed by atoms with van der Waals surface area (Å²) in [7, 11) is 0. The van der Waals surface area contributed by atoms with Gasteiger partial charge in [-0.2, -0.15) is 0 Å². The first kappa shape index (κ1) is 16.8. The highest BCUT2D eigenvalue weighted by Gasteiger charge is 2.18. The topological polar surface area (TPSA) is 42.0 Å². The molecule has 27 heavy (non-hydrogen) atoms. The van der Waals surface area contributed by atoms with Crippen molar-refractivity contribution in [3.05, 3.63) is 71.3 Å². The van der Waals surface area contributed by atoms with Gasteiger partial charge in [0.1, 0.15) is 0 Å². The summed E-state index contributed by atoms with van der Waals surface area (Å²) in [5.74, 6) is 1.28. The molecule has 5 rings (SSSR count). The van der Waals surface area contributed by atoms with Crippen molar-refractivity contribution in [3.8, 4) is 0 Å². The van der Waals surface area contributed by atoms with E-state index in [1.165, 1.54) is 27.5 Å². The molecule has 0 radical (unpaired) electrons. The lowest BCUT2D eigenvalue weighted by atomic mass is 10.0. The predicted octanol–water partition coefficient (Wildman–Crippen LogP) is 5.42. The predicted molar refractivity (Wildman–Crippen MR) is 116 cm³/mol. The van der Waals surface area contributed by atoms with Crippen molar-refractivity contribution < 1.29 is 4.79 Å². The highest BCUT2D eigenvalue weighted by atomic mass is 32.2. The van der Waals surface area contributed by atoms with Gasteiger partial charge in [0.05, 0.1) is 16.0 Å². The number of fused-ring (bicyclic) bond motifs is 2. The van der Waals surface area contributed by atoms with Crippen LogP contribution in [0.15, 0.2) is 54.6 Å². The number of hydrogen-bond acceptors (Lipinski definition) is 4. The monoisotopic (exact) mass is 390 g/mol. The number of nitrogens with zero attached hydrogens (tertiary/aromatic N) is 1. The maximum atomic E-state index is 12.3. The fourth-order valence-electron chi connectivity index (χ4n) is 3.75. The van der Waals surface area contributed by atoms with Crippen LogP contribution in [0.4, 0.5) is 5.13 Å². The molecule has 1 aromatic heterocycles. The molecule has 1 aliphatic rings. The van der Waals surface area contributed by atoms with Crippen molar-refractivity contribution in [1.29, 1.82) is 0 Å². The molecule has 0 unspecified atom stereocenters. The number of amides is 1. The molecule has 1 N–H and O–H groups in total. The Hall–Kier alpha value is -2.37. The van der Waals surface area contributed by atoms with Gasteiger partial charge in [0.15, 0.2) is 5.13 Å². The van der Waals surface area contributed by atoms with E-state index in [0.29, 0.717) is 10.9 Å². The van der Waals surface area contributed by atoms with E-state index in [1.54, 1.807) is 23.1 Å². The molecule has 1 heterocycles. The quantitative estimate of drug-likeness (QED) is 0.495. The van der Waals surface area contributed by atoms with Crippen LogP contribution in [0.5, 0.6) is 0 Å². The van der Waals surface area contributed by atoms with Crippen LogP contribution in [-0.4, -0.2) is 16.6 Å². The first-order chi connectivity index (χ1) is 13.3. The van der Waals surface area contributed by atoms with Crippen LogP contribution in [0, 0.1) is 0 Å². The highest BCUT2D eigenvalue weighted by Crippen LogP contribution is 2.39. The van der Waals surface area contributed by atoms with E-state index in [-0.39, 0.29) is 5.91 Å². The molecule has 0 saturated carbocycles. The van der Waals surface area contributed by atoms with Crippen LogP contribution in [0.25, 0.3) is 21.0 Å². The normalized spacial score (nSPS) is 12.7. The number of rotatable bonds is 5. The van der Waals surface area contributed by atoms with Crippen molar-refractivity contribution in [2.24, 2.45) is 0 Å². The molecule has 4 aromatic rings. The van der Waals surface area contributed by atoms with Gasteiger partial charge < -0.3 is 5.32 Å². The largest absolute Gasteiger partial charge is 0.301 e. The van der Waals surface area contributed by atoms with Gasteiger partial charge in [0.2, 0.25) is 5.91 Å². The fourth-order valence-corrected chi connectivity index (χ4v) is 5.50. The third-order valence-electron chi connectivity index (χ3n) is 4.94. The number of carbonyl (C=O) groups excluding carboxylic acids is 1. The molecule has 0 bridgehead atoms. The molecule has 0 spiro atoms. The van der Waals surface area contributed by atoms with Crippen LogP contribution in [0.2, 0.25) is 0 Å². The Morgan fingerprint density at radius 1 is 1.07 bits per heavy atom. The molecule has 5 heteroatoms. The number of aromatic nitrogens is 1. The lowest BCUT2D eigenvalue weighted by Gasteiger charge is -2.02. The number of benzene rings is 3. The third-order valence-corrected chi connectivity index (χ3v) is 6.86. The minimum atomic E-state index is 0.00676. The van der Waals surface area contributed by atoms with E-state index < -0.39 is 0 Å². The average molecular weight is 391 g/mol. The maximum absolute atomic E-state index is 12.3. The minimum Gasteiger partial charge on any atom is -0.301 e. The van der Waals surface area contributed by atoms with Crippen molar-refractivity contribution >= 4 is 55.1 Å². The van der Waals surface area contributed by atoms with Crippen LogP contribution in [0.1, 0.15) is 16.7 Å². The van der Waals surface area contributed by atoms with E-state index >= 15 is 0 Å². The first-order valence-electron chi connectivity index (χ1n) is 9.03. The van der Waals surface area contributed by atoms with E-state index in [0.717, 1.165) is 28.8 Å². The first-order valence-corrected chi connectivity index (χ1v) is 11.0. The van der Waals surface area contributed by atoms with Crippen LogP contribution >= 0.6 is 23.1 Å². The van der Waals surface area contributed by atoms with Gasteiger partial charge >= 0.3 is 0 Å². The Balaban J connectivity index is 1.33. The van der Waals surface area contributed by atoms with Gasteiger partial charge in [-0.05, 0) is 41.0 Å².